The Hall–Kier alpha value is -0.250. The molecule has 0 aromatic carbocycles. The molecule has 1 rings (SSSR count). The van der Waals surface area contributed by atoms with Crippen LogP contribution in [0, 0.1) is 0 Å². The maximum atomic E-state index is 5.09. The van der Waals surface area contributed by atoms with Gasteiger partial charge in [-0.05, 0) is 25.1 Å². The van der Waals surface area contributed by atoms with Crippen molar-refractivity contribution in [1.82, 2.24) is 0 Å². The Morgan fingerprint density at radius 2 is 2.50 bits per heavy atom. The van der Waals surface area contributed by atoms with E-state index in [1.807, 2.05) is 18.2 Å². The van der Waals surface area contributed by atoms with Crippen LogP contribution in [0.2, 0.25) is 0 Å². The average Bonchev–Trinajstić information content (AvgIpc) is 2.34. The molecule has 0 N–H and O–H groups in total. The molecule has 1 unspecified atom stereocenters. The number of hydrogen-bond donors (Lipinski definition) is 0. The largest absolute Gasteiger partial charge is 0.465 e. The molecule has 1 heterocycles. The second-order valence-electron chi connectivity index (χ2n) is 2.05. The van der Waals surface area contributed by atoms with Crippen molar-refractivity contribution in [2.24, 2.45) is 0 Å². The Bertz CT molecular complexity index is 199. The van der Waals surface area contributed by atoms with E-state index < -0.39 is 0 Å². The van der Waals surface area contributed by atoms with Gasteiger partial charge in [0.05, 0.1) is 6.26 Å². The highest BCUT2D eigenvalue weighted by Crippen LogP contribution is 2.06. The van der Waals surface area contributed by atoms with Crippen molar-refractivity contribution < 1.29 is 4.42 Å². The smallest absolute Gasteiger partial charge is 0.126 e. The lowest BCUT2D eigenvalue weighted by Gasteiger charge is -1.88. The third-order valence-electron chi connectivity index (χ3n) is 1.07. The molecule has 0 saturated heterocycles. The molecule has 1 aromatic rings. The zero-order valence-electron chi connectivity index (χ0n) is 5.75. The summed E-state index contributed by atoms with van der Waals surface area (Å²) in [6.07, 6.45) is 5.76. The van der Waals surface area contributed by atoms with Gasteiger partial charge in [0.25, 0.3) is 0 Å². The lowest BCUT2D eigenvalue weighted by atomic mass is 10.3. The zero-order valence-corrected chi connectivity index (χ0v) is 7.91. The minimum atomic E-state index is 0.558. The summed E-state index contributed by atoms with van der Waals surface area (Å²) in [6, 6.07) is 3.83. The molecule has 10 heavy (non-hydrogen) atoms. The summed E-state index contributed by atoms with van der Waals surface area (Å²) in [7, 11) is 0. The van der Waals surface area contributed by atoms with Crippen LogP contribution in [0.5, 0.6) is 0 Å². The fraction of sp³-hybridized carbons (Fsp3) is 0.250. The molecule has 0 spiro atoms. The molecule has 1 nitrogen and oxygen atoms in total. The molecule has 0 radical (unpaired) electrons. The van der Waals surface area contributed by atoms with Gasteiger partial charge >= 0.3 is 0 Å². The minimum Gasteiger partial charge on any atom is -0.465 e. The van der Waals surface area contributed by atoms with E-state index in [2.05, 4.69) is 35.6 Å². The standard InChI is InChI=1S/C8H9IO/c1-7(9)4-5-8-3-2-6-10-8/h2-7H,1H3/b5-4+. The fourth-order valence-corrected chi connectivity index (χ4v) is 0.821. The van der Waals surface area contributed by atoms with Gasteiger partial charge in [-0.15, -0.1) is 0 Å². The Labute approximate surface area is 74.3 Å². The van der Waals surface area contributed by atoms with E-state index in [1.54, 1.807) is 6.26 Å². The molecule has 2 heteroatoms. The monoisotopic (exact) mass is 248 g/mol. The molecule has 1 aromatic heterocycles. The summed E-state index contributed by atoms with van der Waals surface area (Å²) >= 11 is 2.34. The highest BCUT2D eigenvalue weighted by atomic mass is 127. The first kappa shape index (κ1) is 7.85. The lowest BCUT2D eigenvalue weighted by molar-refractivity contribution is 0.557. The van der Waals surface area contributed by atoms with Crippen LogP contribution in [-0.2, 0) is 0 Å². The number of halogens is 1. The number of alkyl halides is 1. The fourth-order valence-electron chi connectivity index (χ4n) is 0.614. The third-order valence-corrected chi connectivity index (χ3v) is 1.48. The molecule has 1 atom stereocenters. The minimum absolute atomic E-state index is 0.558. The lowest BCUT2D eigenvalue weighted by Crippen LogP contribution is -1.77. The van der Waals surface area contributed by atoms with E-state index >= 15 is 0 Å². The molecule has 0 aliphatic carbocycles. The van der Waals surface area contributed by atoms with Gasteiger partial charge in [-0.1, -0.05) is 28.7 Å². The van der Waals surface area contributed by atoms with Gasteiger partial charge in [-0.25, -0.2) is 0 Å². The van der Waals surface area contributed by atoms with E-state index in [4.69, 9.17) is 4.42 Å². The Morgan fingerprint density at radius 3 is 3.00 bits per heavy atom. The zero-order chi connectivity index (χ0) is 7.40. The van der Waals surface area contributed by atoms with E-state index in [0.717, 1.165) is 5.76 Å². The van der Waals surface area contributed by atoms with Crippen molar-refractivity contribution in [1.29, 1.82) is 0 Å². The summed E-state index contributed by atoms with van der Waals surface area (Å²) in [5.41, 5.74) is 0. The number of furan rings is 1. The van der Waals surface area contributed by atoms with E-state index in [1.165, 1.54) is 0 Å². The Kier molecular flexibility index (Phi) is 2.99. The first-order valence-corrected chi connectivity index (χ1v) is 4.39. The van der Waals surface area contributed by atoms with Crippen LogP contribution in [0.1, 0.15) is 12.7 Å². The Morgan fingerprint density at radius 1 is 1.70 bits per heavy atom. The number of allylic oxidation sites excluding steroid dienone is 1. The van der Waals surface area contributed by atoms with Crippen molar-refractivity contribution in [2.75, 3.05) is 0 Å². The average molecular weight is 248 g/mol. The number of hydrogen-bond acceptors (Lipinski definition) is 1. The quantitative estimate of drug-likeness (QED) is 0.579. The first-order chi connectivity index (χ1) is 4.79. The normalized spacial score (nSPS) is 14.2. The van der Waals surface area contributed by atoms with Crippen molar-refractivity contribution in [3.8, 4) is 0 Å². The second kappa shape index (κ2) is 3.81. The molecule has 0 saturated carbocycles. The van der Waals surface area contributed by atoms with Crippen molar-refractivity contribution in [3.05, 3.63) is 30.2 Å². The predicted molar refractivity (Wildman–Crippen MR) is 51.2 cm³/mol. The highest BCUT2D eigenvalue weighted by Gasteiger charge is 1.88. The van der Waals surface area contributed by atoms with Gasteiger partial charge < -0.3 is 4.42 Å². The van der Waals surface area contributed by atoms with Gasteiger partial charge in [-0.3, -0.25) is 0 Å². The van der Waals surface area contributed by atoms with Crippen LogP contribution in [0.3, 0.4) is 0 Å². The van der Waals surface area contributed by atoms with Crippen molar-refractivity contribution in [2.45, 2.75) is 10.8 Å². The third kappa shape index (κ3) is 2.56. The van der Waals surface area contributed by atoms with Gasteiger partial charge in [-0.2, -0.15) is 0 Å². The van der Waals surface area contributed by atoms with Crippen LogP contribution >= 0.6 is 22.6 Å². The summed E-state index contributed by atoms with van der Waals surface area (Å²) < 4.78 is 5.65. The van der Waals surface area contributed by atoms with E-state index in [9.17, 15) is 0 Å². The van der Waals surface area contributed by atoms with E-state index in [-0.39, 0.29) is 0 Å². The second-order valence-corrected chi connectivity index (χ2v) is 4.02. The molecule has 0 amide bonds. The molecule has 54 valence electrons. The Balaban J connectivity index is 2.55. The molecule has 0 fully saturated rings. The highest BCUT2D eigenvalue weighted by molar-refractivity contribution is 14.1. The molecule has 0 aliphatic rings. The summed E-state index contributed by atoms with van der Waals surface area (Å²) in [5, 5.41) is 0. The first-order valence-electron chi connectivity index (χ1n) is 3.15. The molecular formula is C8H9IO. The van der Waals surface area contributed by atoms with Gasteiger partial charge in [0.1, 0.15) is 5.76 Å². The molecule has 0 aliphatic heterocycles. The topological polar surface area (TPSA) is 13.1 Å². The van der Waals surface area contributed by atoms with Crippen molar-refractivity contribution in [3.63, 3.8) is 0 Å². The van der Waals surface area contributed by atoms with Crippen LogP contribution < -0.4 is 0 Å². The number of rotatable bonds is 2. The predicted octanol–water partition coefficient (Wildman–Crippen LogP) is 3.12. The van der Waals surface area contributed by atoms with Crippen LogP contribution in [-0.4, -0.2) is 3.92 Å². The van der Waals surface area contributed by atoms with Crippen LogP contribution in [0.4, 0.5) is 0 Å². The van der Waals surface area contributed by atoms with E-state index in [0.29, 0.717) is 3.92 Å². The molecule has 0 bridgehead atoms. The summed E-state index contributed by atoms with van der Waals surface area (Å²) in [6.45, 7) is 2.12. The van der Waals surface area contributed by atoms with Gasteiger partial charge in [0.15, 0.2) is 0 Å². The molecular weight excluding hydrogens is 239 g/mol. The summed E-state index contributed by atoms with van der Waals surface area (Å²) in [4.78, 5) is 0. The van der Waals surface area contributed by atoms with Gasteiger partial charge in [0.2, 0.25) is 0 Å². The van der Waals surface area contributed by atoms with Crippen LogP contribution in [0.15, 0.2) is 28.9 Å². The maximum Gasteiger partial charge on any atom is 0.126 e. The summed E-state index contributed by atoms with van der Waals surface area (Å²) in [5.74, 6) is 0.920. The van der Waals surface area contributed by atoms with Gasteiger partial charge in [0, 0.05) is 3.92 Å². The SMILES string of the molecule is CC(I)/C=C/c1ccco1. The van der Waals surface area contributed by atoms with Crippen LogP contribution in [0.25, 0.3) is 6.08 Å². The maximum absolute atomic E-state index is 5.09. The van der Waals surface area contributed by atoms with Crippen molar-refractivity contribution >= 4 is 28.7 Å².